The fourth-order valence-electron chi connectivity index (χ4n) is 2.56. The first-order valence-corrected chi connectivity index (χ1v) is 10.3. The fraction of sp³-hybridized carbons (Fsp3) is 0.333. The number of aryl methyl sites for hydroxylation is 1. The minimum atomic E-state index is -0.286. The largest absolute Gasteiger partial charge is 0.302 e. The van der Waals surface area contributed by atoms with E-state index in [-0.39, 0.29) is 5.82 Å². The molecule has 7 heteroatoms. The van der Waals surface area contributed by atoms with Gasteiger partial charge in [-0.25, -0.2) is 4.39 Å². The van der Waals surface area contributed by atoms with Gasteiger partial charge in [-0.15, -0.1) is 21.5 Å². The highest BCUT2D eigenvalue weighted by Crippen LogP contribution is 2.33. The first-order chi connectivity index (χ1) is 12.0. The summed E-state index contributed by atoms with van der Waals surface area (Å²) in [6, 6.07) is 4.76. The molecular formula is C18H19ClFN3S2. The zero-order valence-electron chi connectivity index (χ0n) is 14.3. The van der Waals surface area contributed by atoms with Crippen LogP contribution in [0.1, 0.15) is 29.3 Å². The number of hydrogen-bond acceptors (Lipinski definition) is 4. The van der Waals surface area contributed by atoms with Gasteiger partial charge in [-0.1, -0.05) is 36.4 Å². The summed E-state index contributed by atoms with van der Waals surface area (Å²) in [5.74, 6) is 1.02. The van der Waals surface area contributed by atoms with Crippen LogP contribution in [0.5, 0.6) is 0 Å². The summed E-state index contributed by atoms with van der Waals surface area (Å²) in [5, 5.41) is 12.1. The minimum absolute atomic E-state index is 0.286. The number of rotatable bonds is 6. The molecule has 0 spiro atoms. The van der Waals surface area contributed by atoms with Crippen molar-refractivity contribution >= 4 is 34.7 Å². The third-order valence-electron chi connectivity index (χ3n) is 4.10. The number of aromatic nitrogens is 3. The average Bonchev–Trinajstić information content (AvgIpc) is 3.12. The summed E-state index contributed by atoms with van der Waals surface area (Å²) in [6.07, 6.45) is 0.973. The van der Waals surface area contributed by atoms with Gasteiger partial charge in [0.1, 0.15) is 5.82 Å². The van der Waals surface area contributed by atoms with Gasteiger partial charge in [0.15, 0.2) is 11.0 Å². The SMILES string of the molecule is CCCn1c(SCc2c(F)cccc2Cl)nnc1-c1csc(C)c1C. The summed E-state index contributed by atoms with van der Waals surface area (Å²) >= 11 is 9.31. The van der Waals surface area contributed by atoms with Gasteiger partial charge in [-0.2, -0.15) is 0 Å². The van der Waals surface area contributed by atoms with Crippen molar-refractivity contribution in [3.63, 3.8) is 0 Å². The van der Waals surface area contributed by atoms with Gasteiger partial charge in [0.2, 0.25) is 0 Å². The number of halogens is 2. The van der Waals surface area contributed by atoms with Crippen LogP contribution in [-0.2, 0) is 12.3 Å². The topological polar surface area (TPSA) is 30.7 Å². The van der Waals surface area contributed by atoms with Crippen LogP contribution in [-0.4, -0.2) is 14.8 Å². The quantitative estimate of drug-likeness (QED) is 0.471. The Kier molecular flexibility index (Phi) is 5.81. The summed E-state index contributed by atoms with van der Waals surface area (Å²) in [5.41, 5.74) is 2.87. The van der Waals surface area contributed by atoms with E-state index in [2.05, 4.69) is 40.9 Å². The Hall–Kier alpha value is -1.37. The Morgan fingerprint density at radius 1 is 1.28 bits per heavy atom. The van der Waals surface area contributed by atoms with E-state index in [0.717, 1.165) is 29.5 Å². The first kappa shape index (κ1) is 18.4. The predicted molar refractivity (Wildman–Crippen MR) is 104 cm³/mol. The van der Waals surface area contributed by atoms with Gasteiger partial charge < -0.3 is 4.57 Å². The maximum Gasteiger partial charge on any atom is 0.191 e. The Bertz CT molecular complexity index is 868. The van der Waals surface area contributed by atoms with Crippen molar-refractivity contribution in [1.29, 1.82) is 0 Å². The van der Waals surface area contributed by atoms with Crippen molar-refractivity contribution in [3.8, 4) is 11.4 Å². The van der Waals surface area contributed by atoms with Crippen LogP contribution in [0.4, 0.5) is 4.39 Å². The van der Waals surface area contributed by atoms with Crippen molar-refractivity contribution in [2.75, 3.05) is 0 Å². The molecule has 0 saturated carbocycles. The molecule has 3 nitrogen and oxygen atoms in total. The summed E-state index contributed by atoms with van der Waals surface area (Å²) in [6.45, 7) is 7.17. The molecule has 2 heterocycles. The lowest BCUT2D eigenvalue weighted by Gasteiger charge is -2.10. The smallest absolute Gasteiger partial charge is 0.191 e. The minimum Gasteiger partial charge on any atom is -0.302 e. The van der Waals surface area contributed by atoms with Gasteiger partial charge in [0, 0.05) is 38.7 Å². The zero-order chi connectivity index (χ0) is 18.0. The Morgan fingerprint density at radius 2 is 2.08 bits per heavy atom. The number of thiophene rings is 1. The van der Waals surface area contributed by atoms with E-state index in [4.69, 9.17) is 11.6 Å². The maximum atomic E-state index is 14.0. The third-order valence-corrected chi connectivity index (χ3v) is 6.46. The molecule has 132 valence electrons. The Labute approximate surface area is 160 Å². The zero-order valence-corrected chi connectivity index (χ0v) is 16.7. The van der Waals surface area contributed by atoms with Crippen molar-refractivity contribution in [2.45, 2.75) is 44.6 Å². The van der Waals surface area contributed by atoms with Crippen LogP contribution in [0.15, 0.2) is 28.7 Å². The van der Waals surface area contributed by atoms with Gasteiger partial charge in [0.05, 0.1) is 0 Å². The van der Waals surface area contributed by atoms with Gasteiger partial charge in [0.25, 0.3) is 0 Å². The third kappa shape index (κ3) is 3.76. The van der Waals surface area contributed by atoms with Crippen LogP contribution < -0.4 is 0 Å². The van der Waals surface area contributed by atoms with E-state index in [1.807, 2.05) is 0 Å². The first-order valence-electron chi connectivity index (χ1n) is 8.06. The van der Waals surface area contributed by atoms with Gasteiger partial charge in [-0.3, -0.25) is 0 Å². The Morgan fingerprint density at radius 3 is 2.72 bits per heavy atom. The molecular weight excluding hydrogens is 377 g/mol. The van der Waals surface area contributed by atoms with Gasteiger partial charge in [-0.05, 0) is 38.0 Å². The molecule has 0 unspecified atom stereocenters. The molecule has 0 bridgehead atoms. The highest BCUT2D eigenvalue weighted by molar-refractivity contribution is 7.98. The maximum absolute atomic E-state index is 14.0. The normalized spacial score (nSPS) is 11.2. The summed E-state index contributed by atoms with van der Waals surface area (Å²) < 4.78 is 16.1. The lowest BCUT2D eigenvalue weighted by Crippen LogP contribution is -2.02. The molecule has 0 N–H and O–H groups in total. The average molecular weight is 396 g/mol. The highest BCUT2D eigenvalue weighted by Gasteiger charge is 2.18. The van der Waals surface area contributed by atoms with Crippen LogP contribution in [0.3, 0.4) is 0 Å². The number of benzene rings is 1. The molecule has 25 heavy (non-hydrogen) atoms. The molecule has 0 radical (unpaired) electrons. The van der Waals surface area contributed by atoms with Crippen molar-refractivity contribution in [1.82, 2.24) is 14.8 Å². The van der Waals surface area contributed by atoms with E-state index in [0.29, 0.717) is 16.3 Å². The van der Waals surface area contributed by atoms with Crippen LogP contribution >= 0.6 is 34.7 Å². The van der Waals surface area contributed by atoms with Crippen molar-refractivity contribution < 1.29 is 4.39 Å². The molecule has 2 aromatic heterocycles. The standard InChI is InChI=1S/C18H19ClFN3S2/c1-4-8-23-17(13-9-24-12(3)11(13)2)21-22-18(23)25-10-14-15(19)6-5-7-16(14)20/h5-7,9H,4,8,10H2,1-3H3. The summed E-state index contributed by atoms with van der Waals surface area (Å²) in [4.78, 5) is 1.29. The molecule has 0 aliphatic rings. The van der Waals surface area contributed by atoms with Crippen LogP contribution in [0.2, 0.25) is 5.02 Å². The fourth-order valence-corrected chi connectivity index (χ4v) is 4.73. The monoisotopic (exact) mass is 395 g/mol. The second-order valence-corrected chi connectivity index (χ2v) is 8.21. The molecule has 0 fully saturated rings. The van der Waals surface area contributed by atoms with Gasteiger partial charge >= 0.3 is 0 Å². The molecule has 0 aliphatic heterocycles. The molecule has 0 aliphatic carbocycles. The van der Waals surface area contributed by atoms with E-state index in [9.17, 15) is 4.39 Å². The van der Waals surface area contributed by atoms with Crippen molar-refractivity contribution in [2.24, 2.45) is 0 Å². The molecule has 3 aromatic rings. The number of nitrogens with zero attached hydrogens (tertiary/aromatic N) is 3. The van der Waals surface area contributed by atoms with E-state index < -0.39 is 0 Å². The molecule has 3 rings (SSSR count). The molecule has 0 atom stereocenters. The number of hydrogen-bond donors (Lipinski definition) is 0. The van der Waals surface area contributed by atoms with Crippen molar-refractivity contribution in [3.05, 3.63) is 50.4 Å². The predicted octanol–water partition coefficient (Wildman–Crippen LogP) is 6.12. The highest BCUT2D eigenvalue weighted by atomic mass is 35.5. The lowest BCUT2D eigenvalue weighted by atomic mass is 10.1. The van der Waals surface area contributed by atoms with Crippen LogP contribution in [0.25, 0.3) is 11.4 Å². The second-order valence-electron chi connectivity index (χ2n) is 5.78. The molecule has 0 saturated heterocycles. The second kappa shape index (κ2) is 7.89. The number of thioether (sulfide) groups is 1. The van der Waals surface area contributed by atoms with E-state index >= 15 is 0 Å². The van der Waals surface area contributed by atoms with E-state index in [1.165, 1.54) is 28.3 Å². The molecule has 1 aromatic carbocycles. The van der Waals surface area contributed by atoms with E-state index in [1.54, 1.807) is 23.5 Å². The Balaban J connectivity index is 1.91. The van der Waals surface area contributed by atoms with Crippen LogP contribution in [0, 0.1) is 19.7 Å². The molecule has 0 amide bonds. The summed E-state index contributed by atoms with van der Waals surface area (Å²) in [7, 11) is 0. The lowest BCUT2D eigenvalue weighted by molar-refractivity contribution is 0.615.